The molecule has 0 aromatic rings. The summed E-state index contributed by atoms with van der Waals surface area (Å²) < 4.78 is 4.69. The Morgan fingerprint density at radius 1 is 1.69 bits per heavy atom. The molecule has 2 N–H and O–H groups in total. The van der Waals surface area contributed by atoms with Gasteiger partial charge in [-0.15, -0.1) is 0 Å². The van der Waals surface area contributed by atoms with Crippen LogP contribution in [0.2, 0.25) is 0 Å². The summed E-state index contributed by atoms with van der Waals surface area (Å²) in [5.74, 6) is 0.323. The number of hydrogen-bond acceptors (Lipinski definition) is 4. The van der Waals surface area contributed by atoms with Crippen molar-refractivity contribution in [1.82, 2.24) is 5.32 Å². The van der Waals surface area contributed by atoms with Crippen LogP contribution in [-0.2, 0) is 9.53 Å². The topological polar surface area (TPSA) is 58.6 Å². The minimum Gasteiger partial charge on any atom is -0.468 e. The van der Waals surface area contributed by atoms with Gasteiger partial charge in [-0.25, -0.2) is 0 Å². The number of ether oxygens (including phenoxy) is 1. The standard InChI is InChI=1S/C12H23NO3/c1-9-5-4-6-12(7-9,8-14)13-10(2)11(15)16-3/h9-10,13-14H,4-8H2,1-3H3. The molecule has 0 saturated heterocycles. The van der Waals surface area contributed by atoms with Crippen LogP contribution in [-0.4, -0.2) is 36.4 Å². The summed E-state index contributed by atoms with van der Waals surface area (Å²) in [5.41, 5.74) is -0.300. The molecule has 94 valence electrons. The van der Waals surface area contributed by atoms with Crippen molar-refractivity contribution in [1.29, 1.82) is 0 Å². The second-order valence-corrected chi connectivity index (χ2v) is 5.03. The smallest absolute Gasteiger partial charge is 0.322 e. The second kappa shape index (κ2) is 5.64. The Balaban J connectivity index is 2.62. The number of carbonyl (C=O) groups excluding carboxylic acids is 1. The lowest BCUT2D eigenvalue weighted by Crippen LogP contribution is -2.56. The van der Waals surface area contributed by atoms with Crippen LogP contribution in [0, 0.1) is 5.92 Å². The van der Waals surface area contributed by atoms with Gasteiger partial charge in [0, 0.05) is 5.54 Å². The molecule has 0 aromatic carbocycles. The summed E-state index contributed by atoms with van der Waals surface area (Å²) >= 11 is 0. The van der Waals surface area contributed by atoms with Gasteiger partial charge in [0.2, 0.25) is 0 Å². The van der Waals surface area contributed by atoms with Crippen molar-refractivity contribution in [3.8, 4) is 0 Å². The quantitative estimate of drug-likeness (QED) is 0.708. The molecule has 0 bridgehead atoms. The Labute approximate surface area is 97.4 Å². The summed E-state index contributed by atoms with van der Waals surface area (Å²) in [6, 6.07) is -0.359. The van der Waals surface area contributed by atoms with E-state index in [-0.39, 0.29) is 24.2 Å². The zero-order valence-electron chi connectivity index (χ0n) is 10.5. The first kappa shape index (κ1) is 13.5. The van der Waals surface area contributed by atoms with E-state index < -0.39 is 0 Å². The van der Waals surface area contributed by atoms with Gasteiger partial charge in [0.15, 0.2) is 0 Å². The molecule has 0 aromatic heterocycles. The predicted octanol–water partition coefficient (Wildman–Crippen LogP) is 1.08. The molecule has 16 heavy (non-hydrogen) atoms. The molecule has 1 rings (SSSR count). The van der Waals surface area contributed by atoms with E-state index >= 15 is 0 Å². The highest BCUT2D eigenvalue weighted by molar-refractivity contribution is 5.75. The molecule has 1 fully saturated rings. The summed E-state index contributed by atoms with van der Waals surface area (Å²) in [6.45, 7) is 4.05. The van der Waals surface area contributed by atoms with E-state index in [9.17, 15) is 9.90 Å². The third kappa shape index (κ3) is 3.19. The molecule has 0 spiro atoms. The minimum absolute atomic E-state index is 0.0820. The maximum Gasteiger partial charge on any atom is 0.322 e. The first-order valence-electron chi connectivity index (χ1n) is 5.99. The van der Waals surface area contributed by atoms with E-state index in [0.29, 0.717) is 5.92 Å². The lowest BCUT2D eigenvalue weighted by atomic mass is 9.76. The van der Waals surface area contributed by atoms with Gasteiger partial charge in [-0.3, -0.25) is 10.1 Å². The average molecular weight is 229 g/mol. The van der Waals surface area contributed by atoms with Gasteiger partial charge in [-0.1, -0.05) is 19.8 Å². The number of methoxy groups -OCH3 is 1. The minimum atomic E-state index is -0.359. The lowest BCUT2D eigenvalue weighted by molar-refractivity contribution is -0.143. The van der Waals surface area contributed by atoms with Crippen molar-refractivity contribution >= 4 is 5.97 Å². The molecule has 0 amide bonds. The van der Waals surface area contributed by atoms with Crippen molar-refractivity contribution in [2.45, 2.75) is 51.1 Å². The van der Waals surface area contributed by atoms with Crippen LogP contribution in [0.15, 0.2) is 0 Å². The van der Waals surface area contributed by atoms with Crippen LogP contribution >= 0.6 is 0 Å². The molecule has 3 unspecified atom stereocenters. The summed E-state index contributed by atoms with van der Waals surface area (Å²) in [7, 11) is 1.38. The zero-order chi connectivity index (χ0) is 12.2. The summed E-state index contributed by atoms with van der Waals surface area (Å²) in [6.07, 6.45) is 4.15. The molecule has 1 saturated carbocycles. The van der Waals surface area contributed by atoms with Crippen molar-refractivity contribution in [3.63, 3.8) is 0 Å². The van der Waals surface area contributed by atoms with E-state index in [1.165, 1.54) is 13.5 Å². The molecule has 4 nitrogen and oxygen atoms in total. The van der Waals surface area contributed by atoms with Crippen molar-refractivity contribution in [3.05, 3.63) is 0 Å². The fourth-order valence-corrected chi connectivity index (χ4v) is 2.68. The van der Waals surface area contributed by atoms with Gasteiger partial charge >= 0.3 is 5.97 Å². The van der Waals surface area contributed by atoms with Gasteiger partial charge in [0.05, 0.1) is 13.7 Å². The van der Waals surface area contributed by atoms with Crippen LogP contribution in [0.5, 0.6) is 0 Å². The SMILES string of the molecule is COC(=O)C(C)NC1(CO)CCCC(C)C1. The Bertz CT molecular complexity index is 244. The monoisotopic (exact) mass is 229 g/mol. The zero-order valence-corrected chi connectivity index (χ0v) is 10.5. The molecule has 0 aliphatic heterocycles. The molecule has 1 aliphatic carbocycles. The molecule has 0 radical (unpaired) electrons. The lowest BCUT2D eigenvalue weighted by Gasteiger charge is -2.41. The maximum absolute atomic E-state index is 11.4. The third-order valence-corrected chi connectivity index (χ3v) is 3.47. The molecular weight excluding hydrogens is 206 g/mol. The van der Waals surface area contributed by atoms with Gasteiger partial charge in [-0.2, -0.15) is 0 Å². The number of aliphatic hydroxyl groups is 1. The van der Waals surface area contributed by atoms with Gasteiger partial charge < -0.3 is 9.84 Å². The summed E-state index contributed by atoms with van der Waals surface area (Å²) in [5, 5.41) is 12.8. The normalized spacial score (nSPS) is 32.1. The Hall–Kier alpha value is -0.610. The van der Waals surface area contributed by atoms with Crippen LogP contribution < -0.4 is 5.32 Å². The van der Waals surface area contributed by atoms with Crippen molar-refractivity contribution in [2.75, 3.05) is 13.7 Å². The molecular formula is C12H23NO3. The van der Waals surface area contributed by atoms with Crippen LogP contribution in [0.1, 0.15) is 39.5 Å². The maximum atomic E-state index is 11.4. The Morgan fingerprint density at radius 3 is 2.88 bits per heavy atom. The highest BCUT2D eigenvalue weighted by atomic mass is 16.5. The van der Waals surface area contributed by atoms with Crippen LogP contribution in [0.4, 0.5) is 0 Å². The molecule has 3 atom stereocenters. The largest absolute Gasteiger partial charge is 0.468 e. The third-order valence-electron chi connectivity index (χ3n) is 3.47. The Kier molecular flexibility index (Phi) is 4.74. The number of aliphatic hydroxyl groups excluding tert-OH is 1. The van der Waals surface area contributed by atoms with E-state index in [0.717, 1.165) is 19.3 Å². The number of hydrogen-bond donors (Lipinski definition) is 2. The fraction of sp³-hybridized carbons (Fsp3) is 0.917. The average Bonchev–Trinajstić information content (AvgIpc) is 2.27. The number of esters is 1. The van der Waals surface area contributed by atoms with Crippen molar-refractivity contribution in [2.24, 2.45) is 5.92 Å². The fourth-order valence-electron chi connectivity index (χ4n) is 2.68. The van der Waals surface area contributed by atoms with Crippen LogP contribution in [0.25, 0.3) is 0 Å². The van der Waals surface area contributed by atoms with Gasteiger partial charge in [0.1, 0.15) is 6.04 Å². The van der Waals surface area contributed by atoms with Crippen molar-refractivity contribution < 1.29 is 14.6 Å². The van der Waals surface area contributed by atoms with Crippen LogP contribution in [0.3, 0.4) is 0 Å². The second-order valence-electron chi connectivity index (χ2n) is 5.03. The summed E-state index contributed by atoms with van der Waals surface area (Å²) in [4.78, 5) is 11.4. The van der Waals surface area contributed by atoms with E-state index in [4.69, 9.17) is 0 Å². The highest BCUT2D eigenvalue weighted by Gasteiger charge is 2.36. The first-order chi connectivity index (χ1) is 7.53. The predicted molar refractivity (Wildman–Crippen MR) is 62.1 cm³/mol. The van der Waals surface area contributed by atoms with E-state index in [1.54, 1.807) is 6.92 Å². The number of carbonyl (C=O) groups is 1. The van der Waals surface area contributed by atoms with Gasteiger partial charge in [0.25, 0.3) is 0 Å². The Morgan fingerprint density at radius 2 is 2.38 bits per heavy atom. The highest BCUT2D eigenvalue weighted by Crippen LogP contribution is 2.32. The first-order valence-corrected chi connectivity index (χ1v) is 5.99. The van der Waals surface area contributed by atoms with E-state index in [2.05, 4.69) is 17.0 Å². The number of rotatable bonds is 4. The van der Waals surface area contributed by atoms with Gasteiger partial charge in [-0.05, 0) is 25.7 Å². The number of nitrogens with one attached hydrogen (secondary N) is 1. The molecule has 0 heterocycles. The molecule has 1 aliphatic rings. The van der Waals surface area contributed by atoms with E-state index in [1.807, 2.05) is 0 Å². The molecule has 4 heteroatoms.